The molecule has 23 heavy (non-hydrogen) atoms. The van der Waals surface area contributed by atoms with Gasteiger partial charge in [0.15, 0.2) is 5.96 Å². The Balaban J connectivity index is 1.98. The Bertz CT molecular complexity index is 658. The average Bonchev–Trinajstić information content (AvgIpc) is 3.11. The minimum atomic E-state index is -1.09. The molecular weight excluding hydrogens is 310 g/mol. The summed E-state index contributed by atoms with van der Waals surface area (Å²) < 4.78 is 5.52. The fourth-order valence-corrected chi connectivity index (χ4v) is 2.95. The predicted molar refractivity (Wildman–Crippen MR) is 94.9 cm³/mol. The summed E-state index contributed by atoms with van der Waals surface area (Å²) in [6.07, 6.45) is 0. The van der Waals surface area contributed by atoms with Crippen molar-refractivity contribution in [1.29, 1.82) is 0 Å². The summed E-state index contributed by atoms with van der Waals surface area (Å²) in [6, 6.07) is 7.84. The third-order valence-electron chi connectivity index (χ3n) is 3.40. The molecule has 0 aliphatic carbocycles. The van der Waals surface area contributed by atoms with Crippen LogP contribution in [0.4, 0.5) is 0 Å². The molecule has 126 valence electrons. The van der Waals surface area contributed by atoms with Gasteiger partial charge in [0.25, 0.3) is 0 Å². The van der Waals surface area contributed by atoms with E-state index in [2.05, 4.69) is 34.7 Å². The second kappa shape index (κ2) is 7.66. The van der Waals surface area contributed by atoms with Crippen molar-refractivity contribution in [2.45, 2.75) is 39.8 Å². The molecular formula is C17H25N3O2S. The summed E-state index contributed by atoms with van der Waals surface area (Å²) in [5.74, 6) is 2.02. The van der Waals surface area contributed by atoms with Gasteiger partial charge in [-0.25, -0.2) is 4.99 Å². The third-order valence-corrected chi connectivity index (χ3v) is 4.39. The van der Waals surface area contributed by atoms with Gasteiger partial charge in [0, 0.05) is 16.3 Å². The molecule has 1 unspecified atom stereocenters. The van der Waals surface area contributed by atoms with Crippen LogP contribution in [0.15, 0.2) is 33.7 Å². The largest absolute Gasteiger partial charge is 0.463 e. The minimum Gasteiger partial charge on any atom is -0.463 e. The maximum atomic E-state index is 10.6. The van der Waals surface area contributed by atoms with E-state index in [1.165, 1.54) is 9.75 Å². The van der Waals surface area contributed by atoms with Crippen molar-refractivity contribution >= 4 is 17.3 Å². The number of aryl methyl sites for hydroxylation is 2. The summed E-state index contributed by atoms with van der Waals surface area (Å²) in [5.41, 5.74) is -1.09. The molecule has 0 aliphatic rings. The Hall–Kier alpha value is -1.79. The average molecular weight is 335 g/mol. The van der Waals surface area contributed by atoms with Gasteiger partial charge in [-0.3, -0.25) is 0 Å². The van der Waals surface area contributed by atoms with Crippen molar-refractivity contribution in [3.8, 4) is 0 Å². The molecule has 0 fully saturated rings. The standard InChI is InChI=1S/C17H25N3O2S/c1-5-18-16(19-10-14-8-7-13(3)23-14)20-11-17(4,21)15-9-6-12(2)22-15/h6-9,21H,5,10-11H2,1-4H3,(H2,18,19,20). The van der Waals surface area contributed by atoms with E-state index in [-0.39, 0.29) is 0 Å². The van der Waals surface area contributed by atoms with Crippen LogP contribution >= 0.6 is 11.3 Å². The Morgan fingerprint density at radius 3 is 2.61 bits per heavy atom. The smallest absolute Gasteiger partial charge is 0.191 e. The van der Waals surface area contributed by atoms with Crippen LogP contribution in [0, 0.1) is 13.8 Å². The van der Waals surface area contributed by atoms with Gasteiger partial charge in [-0.05, 0) is 52.0 Å². The Kier molecular flexibility index (Phi) is 5.85. The molecule has 2 heterocycles. The van der Waals surface area contributed by atoms with Gasteiger partial charge in [0.2, 0.25) is 0 Å². The molecule has 1 atom stereocenters. The van der Waals surface area contributed by atoms with Gasteiger partial charge >= 0.3 is 0 Å². The van der Waals surface area contributed by atoms with E-state index in [0.29, 0.717) is 24.8 Å². The molecule has 0 bridgehead atoms. The van der Waals surface area contributed by atoms with E-state index in [1.807, 2.05) is 19.9 Å². The molecule has 0 saturated heterocycles. The highest BCUT2D eigenvalue weighted by Gasteiger charge is 2.27. The lowest BCUT2D eigenvalue weighted by Crippen LogP contribution is -2.44. The summed E-state index contributed by atoms with van der Waals surface area (Å²) in [4.78, 5) is 7.06. The van der Waals surface area contributed by atoms with Crippen LogP contribution in [0.5, 0.6) is 0 Å². The zero-order valence-corrected chi connectivity index (χ0v) is 15.0. The lowest BCUT2D eigenvalue weighted by atomic mass is 10.0. The molecule has 2 rings (SSSR count). The first-order chi connectivity index (χ1) is 10.9. The lowest BCUT2D eigenvalue weighted by molar-refractivity contribution is 0.0378. The molecule has 0 saturated carbocycles. The van der Waals surface area contributed by atoms with Gasteiger partial charge in [0.05, 0.1) is 13.1 Å². The zero-order valence-electron chi connectivity index (χ0n) is 14.1. The summed E-state index contributed by atoms with van der Waals surface area (Å²) >= 11 is 1.74. The number of rotatable bonds is 6. The normalized spacial score (nSPS) is 14.6. The number of aliphatic imine (C=N–C) groups is 1. The number of aliphatic hydroxyl groups is 1. The molecule has 6 heteroatoms. The van der Waals surface area contributed by atoms with Crippen LogP contribution in [-0.4, -0.2) is 24.2 Å². The number of hydrogen-bond acceptors (Lipinski definition) is 4. The fraction of sp³-hybridized carbons (Fsp3) is 0.471. The van der Waals surface area contributed by atoms with Gasteiger partial charge in [-0.2, -0.15) is 0 Å². The molecule has 5 nitrogen and oxygen atoms in total. The summed E-state index contributed by atoms with van der Waals surface area (Å²) in [6.45, 7) is 9.39. The molecule has 0 spiro atoms. The maximum Gasteiger partial charge on any atom is 0.191 e. The maximum absolute atomic E-state index is 10.6. The first-order valence-electron chi connectivity index (χ1n) is 7.77. The van der Waals surface area contributed by atoms with Crippen molar-refractivity contribution in [2.75, 3.05) is 13.1 Å². The second-order valence-electron chi connectivity index (χ2n) is 5.75. The highest BCUT2D eigenvalue weighted by molar-refractivity contribution is 7.11. The predicted octanol–water partition coefficient (Wildman–Crippen LogP) is 2.92. The Labute approximate surface area is 141 Å². The lowest BCUT2D eigenvalue weighted by Gasteiger charge is -2.22. The third kappa shape index (κ3) is 5.11. The number of furan rings is 1. The SMILES string of the molecule is CCNC(=NCc1ccc(C)s1)NCC(C)(O)c1ccc(C)o1. The van der Waals surface area contributed by atoms with E-state index in [1.54, 1.807) is 24.3 Å². The Morgan fingerprint density at radius 1 is 1.26 bits per heavy atom. The first kappa shape index (κ1) is 17.6. The number of guanidine groups is 1. The van der Waals surface area contributed by atoms with E-state index in [4.69, 9.17) is 4.42 Å². The molecule has 0 amide bonds. The van der Waals surface area contributed by atoms with E-state index >= 15 is 0 Å². The Morgan fingerprint density at radius 2 is 2.04 bits per heavy atom. The van der Waals surface area contributed by atoms with Crippen LogP contribution in [0.3, 0.4) is 0 Å². The van der Waals surface area contributed by atoms with Gasteiger partial charge in [0.1, 0.15) is 17.1 Å². The monoisotopic (exact) mass is 335 g/mol. The van der Waals surface area contributed by atoms with E-state index < -0.39 is 5.60 Å². The molecule has 2 aromatic rings. The van der Waals surface area contributed by atoms with Crippen LogP contribution < -0.4 is 10.6 Å². The number of hydrogen-bond donors (Lipinski definition) is 3. The summed E-state index contributed by atoms with van der Waals surface area (Å²) in [7, 11) is 0. The van der Waals surface area contributed by atoms with Gasteiger partial charge in [-0.15, -0.1) is 11.3 Å². The van der Waals surface area contributed by atoms with E-state index in [0.717, 1.165) is 12.3 Å². The van der Waals surface area contributed by atoms with Crippen molar-refractivity contribution in [1.82, 2.24) is 10.6 Å². The molecule has 2 aromatic heterocycles. The van der Waals surface area contributed by atoms with Crippen molar-refractivity contribution in [3.63, 3.8) is 0 Å². The number of thiophene rings is 1. The number of nitrogens with zero attached hydrogens (tertiary/aromatic N) is 1. The van der Waals surface area contributed by atoms with Crippen molar-refractivity contribution in [2.24, 2.45) is 4.99 Å². The second-order valence-corrected chi connectivity index (χ2v) is 7.12. The topological polar surface area (TPSA) is 69.8 Å². The van der Waals surface area contributed by atoms with Crippen LogP contribution in [-0.2, 0) is 12.1 Å². The quantitative estimate of drug-likeness (QED) is 0.561. The molecule has 0 radical (unpaired) electrons. The van der Waals surface area contributed by atoms with Crippen molar-refractivity contribution < 1.29 is 9.52 Å². The zero-order chi connectivity index (χ0) is 16.9. The fourth-order valence-electron chi connectivity index (χ4n) is 2.14. The van der Waals surface area contributed by atoms with E-state index in [9.17, 15) is 5.11 Å². The molecule has 0 aliphatic heterocycles. The molecule has 3 N–H and O–H groups in total. The van der Waals surface area contributed by atoms with Gasteiger partial charge < -0.3 is 20.2 Å². The van der Waals surface area contributed by atoms with Crippen molar-refractivity contribution in [3.05, 3.63) is 45.5 Å². The van der Waals surface area contributed by atoms with Crippen LogP contribution in [0.25, 0.3) is 0 Å². The van der Waals surface area contributed by atoms with Crippen LogP contribution in [0.1, 0.15) is 35.1 Å². The highest BCUT2D eigenvalue weighted by Crippen LogP contribution is 2.22. The minimum absolute atomic E-state index is 0.315. The highest BCUT2D eigenvalue weighted by atomic mass is 32.1. The van der Waals surface area contributed by atoms with Crippen LogP contribution in [0.2, 0.25) is 0 Å². The van der Waals surface area contributed by atoms with Gasteiger partial charge in [-0.1, -0.05) is 0 Å². The molecule has 0 aromatic carbocycles. The first-order valence-corrected chi connectivity index (χ1v) is 8.59. The number of nitrogens with one attached hydrogen (secondary N) is 2. The summed E-state index contributed by atoms with van der Waals surface area (Å²) in [5, 5.41) is 16.9.